The third-order valence-corrected chi connectivity index (χ3v) is 3.65. The lowest BCUT2D eigenvalue weighted by atomic mass is 10.1. The molecular weight excluding hydrogens is 281 g/mol. The Morgan fingerprint density at radius 1 is 1.45 bits per heavy atom. The lowest BCUT2D eigenvalue weighted by Gasteiger charge is -2.09. The summed E-state index contributed by atoms with van der Waals surface area (Å²) in [6.07, 6.45) is 4.09. The number of benzene rings is 1. The van der Waals surface area contributed by atoms with Crippen molar-refractivity contribution in [3.8, 4) is 0 Å². The SMILES string of the molecule is Cl.NC1(C(=O)NCCc2c[nH]c3cc(F)ccc23)CC1. The number of amides is 1. The largest absolute Gasteiger partial charge is 0.361 e. The predicted molar refractivity (Wildman–Crippen MR) is 78.4 cm³/mol. The molecule has 0 spiro atoms. The number of H-pyrrole nitrogens is 1. The number of hydrogen-bond acceptors (Lipinski definition) is 2. The molecule has 2 aromatic rings. The van der Waals surface area contributed by atoms with E-state index in [0.29, 0.717) is 13.0 Å². The zero-order valence-corrected chi connectivity index (χ0v) is 11.7. The fourth-order valence-corrected chi connectivity index (χ4v) is 2.21. The molecule has 1 saturated carbocycles. The van der Waals surface area contributed by atoms with Crippen molar-refractivity contribution in [2.45, 2.75) is 24.8 Å². The number of aromatic nitrogens is 1. The van der Waals surface area contributed by atoms with E-state index in [1.54, 1.807) is 6.07 Å². The Morgan fingerprint density at radius 3 is 2.90 bits per heavy atom. The molecule has 0 unspecified atom stereocenters. The number of carbonyl (C=O) groups is 1. The van der Waals surface area contributed by atoms with Crippen molar-refractivity contribution in [1.82, 2.24) is 10.3 Å². The van der Waals surface area contributed by atoms with Crippen LogP contribution in [0.15, 0.2) is 24.4 Å². The van der Waals surface area contributed by atoms with Crippen LogP contribution in [0.2, 0.25) is 0 Å². The number of carbonyl (C=O) groups excluding carboxylic acids is 1. The number of fused-ring (bicyclic) bond motifs is 1. The number of rotatable bonds is 4. The highest BCUT2D eigenvalue weighted by Gasteiger charge is 2.45. The van der Waals surface area contributed by atoms with Crippen LogP contribution in [0.25, 0.3) is 10.9 Å². The van der Waals surface area contributed by atoms with Crippen molar-refractivity contribution in [2.24, 2.45) is 5.73 Å². The Balaban J connectivity index is 0.00000147. The molecule has 1 amide bonds. The van der Waals surface area contributed by atoms with Crippen LogP contribution in [0.5, 0.6) is 0 Å². The van der Waals surface area contributed by atoms with Gasteiger partial charge in [0.05, 0.1) is 5.54 Å². The molecule has 0 aliphatic heterocycles. The third-order valence-electron chi connectivity index (χ3n) is 3.65. The number of nitrogens with two attached hydrogens (primary N) is 1. The molecule has 0 atom stereocenters. The van der Waals surface area contributed by atoms with Crippen LogP contribution >= 0.6 is 12.4 Å². The van der Waals surface area contributed by atoms with Crippen LogP contribution in [-0.4, -0.2) is 23.0 Å². The summed E-state index contributed by atoms with van der Waals surface area (Å²) in [7, 11) is 0. The molecule has 1 aromatic carbocycles. The molecular formula is C14H17ClFN3O. The van der Waals surface area contributed by atoms with E-state index in [9.17, 15) is 9.18 Å². The van der Waals surface area contributed by atoms with E-state index in [0.717, 1.165) is 29.3 Å². The Kier molecular flexibility index (Phi) is 4.01. The van der Waals surface area contributed by atoms with E-state index in [2.05, 4.69) is 10.3 Å². The van der Waals surface area contributed by atoms with Crippen molar-refractivity contribution in [3.63, 3.8) is 0 Å². The second kappa shape index (κ2) is 5.42. The minimum atomic E-state index is -0.622. The lowest BCUT2D eigenvalue weighted by Crippen LogP contribution is -2.43. The van der Waals surface area contributed by atoms with E-state index < -0.39 is 5.54 Å². The van der Waals surface area contributed by atoms with E-state index in [1.165, 1.54) is 12.1 Å². The number of aromatic amines is 1. The highest BCUT2D eigenvalue weighted by atomic mass is 35.5. The van der Waals surface area contributed by atoms with Crippen molar-refractivity contribution >= 4 is 29.2 Å². The molecule has 0 radical (unpaired) electrons. The summed E-state index contributed by atoms with van der Waals surface area (Å²) in [5, 5.41) is 3.84. The summed E-state index contributed by atoms with van der Waals surface area (Å²) >= 11 is 0. The fraction of sp³-hybridized carbons (Fsp3) is 0.357. The Morgan fingerprint density at radius 2 is 2.20 bits per heavy atom. The molecule has 108 valence electrons. The summed E-state index contributed by atoms with van der Waals surface area (Å²) in [5.74, 6) is -0.327. The normalized spacial score (nSPS) is 15.7. The molecule has 4 nitrogen and oxygen atoms in total. The van der Waals surface area contributed by atoms with Gasteiger partial charge >= 0.3 is 0 Å². The minimum Gasteiger partial charge on any atom is -0.361 e. The summed E-state index contributed by atoms with van der Waals surface area (Å²) in [5.41, 5.74) is 7.02. The summed E-state index contributed by atoms with van der Waals surface area (Å²) in [6.45, 7) is 0.544. The van der Waals surface area contributed by atoms with Crippen molar-refractivity contribution in [1.29, 1.82) is 0 Å². The van der Waals surface area contributed by atoms with Gasteiger partial charge < -0.3 is 16.0 Å². The van der Waals surface area contributed by atoms with E-state index >= 15 is 0 Å². The maximum Gasteiger partial charge on any atom is 0.240 e. The van der Waals surface area contributed by atoms with Gasteiger partial charge in [-0.25, -0.2) is 4.39 Å². The van der Waals surface area contributed by atoms with Crippen LogP contribution in [0.4, 0.5) is 4.39 Å². The van der Waals surface area contributed by atoms with Crippen molar-refractivity contribution in [3.05, 3.63) is 35.8 Å². The number of halogens is 2. The molecule has 3 rings (SSSR count). The molecule has 1 aromatic heterocycles. The summed E-state index contributed by atoms with van der Waals surface area (Å²) < 4.78 is 13.1. The van der Waals surface area contributed by atoms with Crippen LogP contribution in [0.1, 0.15) is 18.4 Å². The number of nitrogens with one attached hydrogen (secondary N) is 2. The smallest absolute Gasteiger partial charge is 0.240 e. The minimum absolute atomic E-state index is 0. The van der Waals surface area contributed by atoms with Gasteiger partial charge in [-0.15, -0.1) is 12.4 Å². The molecule has 1 heterocycles. The first-order valence-electron chi connectivity index (χ1n) is 6.41. The average molecular weight is 298 g/mol. The lowest BCUT2D eigenvalue weighted by molar-refractivity contribution is -0.123. The summed E-state index contributed by atoms with van der Waals surface area (Å²) in [4.78, 5) is 14.7. The molecule has 6 heteroatoms. The van der Waals surface area contributed by atoms with Gasteiger partial charge in [0.15, 0.2) is 0 Å². The van der Waals surface area contributed by atoms with Gasteiger partial charge in [-0.3, -0.25) is 4.79 Å². The van der Waals surface area contributed by atoms with Gasteiger partial charge in [-0.1, -0.05) is 0 Å². The molecule has 4 N–H and O–H groups in total. The second-order valence-electron chi connectivity index (χ2n) is 5.17. The van der Waals surface area contributed by atoms with Gasteiger partial charge in [0.2, 0.25) is 5.91 Å². The maximum absolute atomic E-state index is 13.1. The van der Waals surface area contributed by atoms with Crippen molar-refractivity contribution < 1.29 is 9.18 Å². The molecule has 1 fully saturated rings. The van der Waals surface area contributed by atoms with Gasteiger partial charge in [0.25, 0.3) is 0 Å². The quantitative estimate of drug-likeness (QED) is 0.806. The number of hydrogen-bond donors (Lipinski definition) is 3. The topological polar surface area (TPSA) is 70.9 Å². The molecule has 0 saturated heterocycles. The summed E-state index contributed by atoms with van der Waals surface area (Å²) in [6, 6.07) is 4.66. The van der Waals surface area contributed by atoms with Gasteiger partial charge in [-0.05, 0) is 43.0 Å². The Bertz CT molecular complexity index is 636. The van der Waals surface area contributed by atoms with E-state index in [4.69, 9.17) is 5.73 Å². The zero-order valence-electron chi connectivity index (χ0n) is 10.9. The Labute approximate surface area is 122 Å². The van der Waals surface area contributed by atoms with E-state index in [-0.39, 0.29) is 24.1 Å². The molecule has 1 aliphatic carbocycles. The highest BCUT2D eigenvalue weighted by molar-refractivity contribution is 5.89. The second-order valence-corrected chi connectivity index (χ2v) is 5.17. The molecule has 0 bridgehead atoms. The first kappa shape index (κ1) is 14.8. The van der Waals surface area contributed by atoms with Crippen LogP contribution in [0.3, 0.4) is 0 Å². The average Bonchev–Trinajstić information content (AvgIpc) is 3.01. The zero-order chi connectivity index (χ0) is 13.5. The monoisotopic (exact) mass is 297 g/mol. The van der Waals surface area contributed by atoms with Crippen LogP contribution in [0, 0.1) is 5.82 Å². The van der Waals surface area contributed by atoms with Crippen molar-refractivity contribution in [2.75, 3.05) is 6.54 Å². The Hall–Kier alpha value is -1.59. The first-order chi connectivity index (χ1) is 9.08. The predicted octanol–water partition coefficient (Wildman–Crippen LogP) is 1.88. The molecule has 1 aliphatic rings. The third kappa shape index (κ3) is 2.78. The van der Waals surface area contributed by atoms with Gasteiger partial charge in [0.1, 0.15) is 5.82 Å². The van der Waals surface area contributed by atoms with Crippen LogP contribution < -0.4 is 11.1 Å². The van der Waals surface area contributed by atoms with Gasteiger partial charge in [0, 0.05) is 23.6 Å². The molecule has 20 heavy (non-hydrogen) atoms. The van der Waals surface area contributed by atoms with E-state index in [1.807, 2.05) is 6.20 Å². The standard InChI is InChI=1S/C14H16FN3O.ClH/c15-10-1-2-11-9(8-18-12(11)7-10)3-6-17-13(19)14(16)4-5-14;/h1-2,7-8,18H,3-6,16H2,(H,17,19);1H. The maximum atomic E-state index is 13.1. The first-order valence-corrected chi connectivity index (χ1v) is 6.41. The fourth-order valence-electron chi connectivity index (χ4n) is 2.21. The van der Waals surface area contributed by atoms with Gasteiger partial charge in [-0.2, -0.15) is 0 Å². The highest BCUT2D eigenvalue weighted by Crippen LogP contribution is 2.32. The van der Waals surface area contributed by atoms with Crippen LogP contribution in [-0.2, 0) is 11.2 Å².